The molecule has 0 unspecified atom stereocenters. The SMILES string of the molecule is O=C1Cc2cc([N+](=O)[O-])cc(F)c2N1CCF.O=C1Cc2cccc(F)c2N1CCF. The van der Waals surface area contributed by atoms with Gasteiger partial charge in [-0.3, -0.25) is 19.7 Å². The molecule has 0 aromatic heterocycles. The topological polar surface area (TPSA) is 83.8 Å². The molecule has 2 aromatic rings. The number of non-ortho nitro benzene ring substituents is 1. The summed E-state index contributed by atoms with van der Waals surface area (Å²) in [6.45, 7) is -1.74. The number of carbonyl (C=O) groups is 2. The highest BCUT2D eigenvalue weighted by Crippen LogP contribution is 2.35. The molecule has 2 heterocycles. The van der Waals surface area contributed by atoms with Crippen molar-refractivity contribution in [3.05, 3.63) is 63.2 Å². The van der Waals surface area contributed by atoms with Crippen LogP contribution in [0.4, 0.5) is 34.6 Å². The maximum Gasteiger partial charge on any atom is 0.272 e. The Balaban J connectivity index is 0.000000179. The van der Waals surface area contributed by atoms with Gasteiger partial charge in [0, 0.05) is 6.07 Å². The monoisotopic (exact) mass is 439 g/mol. The molecule has 7 nitrogen and oxygen atoms in total. The maximum atomic E-state index is 13.6. The van der Waals surface area contributed by atoms with Gasteiger partial charge >= 0.3 is 0 Å². The fourth-order valence-corrected chi connectivity index (χ4v) is 3.60. The van der Waals surface area contributed by atoms with Gasteiger partial charge in [0.15, 0.2) is 5.82 Å². The number of anilines is 2. The van der Waals surface area contributed by atoms with Crippen LogP contribution in [0.1, 0.15) is 11.1 Å². The second-order valence-electron chi connectivity index (χ2n) is 6.76. The molecule has 2 aliphatic rings. The summed E-state index contributed by atoms with van der Waals surface area (Å²) in [6.07, 6.45) is 0.0427. The summed E-state index contributed by atoms with van der Waals surface area (Å²) >= 11 is 0. The maximum absolute atomic E-state index is 13.6. The molecule has 0 saturated heterocycles. The van der Waals surface area contributed by atoms with Gasteiger partial charge < -0.3 is 9.80 Å². The van der Waals surface area contributed by atoms with E-state index in [1.807, 2.05) is 0 Å². The van der Waals surface area contributed by atoms with Gasteiger partial charge in [0.25, 0.3) is 5.69 Å². The third-order valence-corrected chi connectivity index (χ3v) is 4.85. The Hall–Kier alpha value is -3.50. The molecule has 11 heteroatoms. The molecule has 0 radical (unpaired) electrons. The quantitative estimate of drug-likeness (QED) is 0.407. The third kappa shape index (κ3) is 4.35. The molecule has 2 amide bonds. The van der Waals surface area contributed by atoms with E-state index in [1.165, 1.54) is 11.0 Å². The average Bonchev–Trinajstić information content (AvgIpc) is 3.20. The van der Waals surface area contributed by atoms with Gasteiger partial charge in [-0.05, 0) is 17.2 Å². The minimum atomic E-state index is -0.867. The number of hydrogen-bond donors (Lipinski definition) is 0. The molecule has 0 bridgehead atoms. The van der Waals surface area contributed by atoms with E-state index in [0.29, 0.717) is 5.56 Å². The van der Waals surface area contributed by atoms with Gasteiger partial charge in [-0.1, -0.05) is 12.1 Å². The predicted octanol–water partition coefficient (Wildman–Crippen LogP) is 3.28. The number of fused-ring (bicyclic) bond motifs is 2. The number of rotatable bonds is 5. The van der Waals surface area contributed by atoms with Crippen molar-refractivity contribution in [1.29, 1.82) is 0 Å². The molecule has 0 aliphatic carbocycles. The molecule has 0 spiro atoms. The van der Waals surface area contributed by atoms with Crippen LogP contribution in [-0.2, 0) is 22.4 Å². The van der Waals surface area contributed by atoms with Gasteiger partial charge in [-0.2, -0.15) is 0 Å². The predicted molar refractivity (Wildman–Crippen MR) is 104 cm³/mol. The van der Waals surface area contributed by atoms with Crippen molar-refractivity contribution in [3.63, 3.8) is 0 Å². The lowest BCUT2D eigenvalue weighted by Crippen LogP contribution is -2.29. The Morgan fingerprint density at radius 1 is 0.871 bits per heavy atom. The Labute approximate surface area is 174 Å². The second-order valence-corrected chi connectivity index (χ2v) is 6.76. The first-order valence-electron chi connectivity index (χ1n) is 9.25. The lowest BCUT2D eigenvalue weighted by Gasteiger charge is -2.15. The first-order valence-corrected chi connectivity index (χ1v) is 9.25. The lowest BCUT2D eigenvalue weighted by molar-refractivity contribution is -0.385. The van der Waals surface area contributed by atoms with Gasteiger partial charge in [0.2, 0.25) is 11.8 Å². The molecule has 0 N–H and O–H groups in total. The Morgan fingerprint density at radius 2 is 1.42 bits per heavy atom. The smallest absolute Gasteiger partial charge is 0.272 e. The van der Waals surface area contributed by atoms with E-state index in [0.717, 1.165) is 17.0 Å². The van der Waals surface area contributed by atoms with Crippen molar-refractivity contribution in [2.45, 2.75) is 12.8 Å². The summed E-state index contributed by atoms with van der Waals surface area (Å²) in [5.74, 6) is -2.00. The van der Waals surface area contributed by atoms with Crippen molar-refractivity contribution in [3.8, 4) is 0 Å². The van der Waals surface area contributed by atoms with Crippen molar-refractivity contribution in [2.24, 2.45) is 0 Å². The van der Waals surface area contributed by atoms with E-state index >= 15 is 0 Å². The minimum Gasteiger partial charge on any atom is -0.306 e. The zero-order valence-corrected chi connectivity index (χ0v) is 16.1. The molecule has 4 rings (SSSR count). The number of hydrogen-bond acceptors (Lipinski definition) is 4. The summed E-state index contributed by atoms with van der Waals surface area (Å²) in [5, 5.41) is 10.5. The van der Waals surface area contributed by atoms with Crippen molar-refractivity contribution in [1.82, 2.24) is 0 Å². The number of benzene rings is 2. The standard InChI is InChI=1S/C10H8F2N2O3.C10H9F2NO/c11-1-2-13-9(15)4-6-3-7(14(16)17)5-8(12)10(6)13;11-4-5-13-9(14)6-7-2-1-3-8(12)10(7)13/h3,5H,1-2,4H2;1-3H,4-6H2. The summed E-state index contributed by atoms with van der Waals surface area (Å²) in [5.41, 5.74) is 0.670. The second kappa shape index (κ2) is 9.11. The summed E-state index contributed by atoms with van der Waals surface area (Å²) in [6, 6.07) is 6.41. The zero-order chi connectivity index (χ0) is 22.7. The van der Waals surface area contributed by atoms with E-state index in [4.69, 9.17) is 0 Å². The van der Waals surface area contributed by atoms with Crippen LogP contribution in [0, 0.1) is 21.7 Å². The first-order chi connectivity index (χ1) is 14.8. The largest absolute Gasteiger partial charge is 0.306 e. The molecule has 2 aromatic carbocycles. The first kappa shape index (κ1) is 22.2. The fraction of sp³-hybridized carbons (Fsp3) is 0.300. The van der Waals surface area contributed by atoms with Crippen LogP contribution in [0.5, 0.6) is 0 Å². The highest BCUT2D eigenvalue weighted by Gasteiger charge is 2.32. The van der Waals surface area contributed by atoms with Crippen LogP contribution in [0.25, 0.3) is 0 Å². The van der Waals surface area contributed by atoms with E-state index in [2.05, 4.69) is 0 Å². The minimum absolute atomic E-state index is 0.0433. The van der Waals surface area contributed by atoms with E-state index in [1.54, 1.807) is 12.1 Å². The van der Waals surface area contributed by atoms with Crippen molar-refractivity contribution < 1.29 is 32.1 Å². The van der Waals surface area contributed by atoms with Crippen molar-refractivity contribution >= 4 is 28.9 Å². The van der Waals surface area contributed by atoms with Crippen LogP contribution in [-0.4, -0.2) is 43.2 Å². The van der Waals surface area contributed by atoms with Gasteiger partial charge in [-0.15, -0.1) is 0 Å². The number of amides is 2. The number of para-hydroxylation sites is 1. The van der Waals surface area contributed by atoms with E-state index in [-0.39, 0.29) is 48.8 Å². The number of nitrogens with zero attached hydrogens (tertiary/aromatic N) is 3. The van der Waals surface area contributed by atoms with Gasteiger partial charge in [0.1, 0.15) is 19.2 Å². The van der Waals surface area contributed by atoms with E-state index in [9.17, 15) is 37.3 Å². The molecule has 164 valence electrons. The Morgan fingerprint density at radius 3 is 1.97 bits per heavy atom. The number of alkyl halides is 2. The molecule has 0 atom stereocenters. The van der Waals surface area contributed by atoms with Gasteiger partial charge in [-0.25, -0.2) is 17.6 Å². The van der Waals surface area contributed by atoms with Crippen LogP contribution in [0.3, 0.4) is 0 Å². The van der Waals surface area contributed by atoms with Crippen LogP contribution in [0.2, 0.25) is 0 Å². The molecular weight excluding hydrogens is 422 g/mol. The lowest BCUT2D eigenvalue weighted by atomic mass is 10.1. The number of nitro groups is 1. The Bertz CT molecular complexity index is 1050. The van der Waals surface area contributed by atoms with Crippen LogP contribution >= 0.6 is 0 Å². The van der Waals surface area contributed by atoms with Gasteiger partial charge in [0.05, 0.1) is 48.3 Å². The highest BCUT2D eigenvalue weighted by atomic mass is 19.1. The highest BCUT2D eigenvalue weighted by molar-refractivity contribution is 6.02. The average molecular weight is 439 g/mol. The molecular formula is C20H17F4N3O4. The molecule has 0 fully saturated rings. The molecule has 31 heavy (non-hydrogen) atoms. The summed E-state index contributed by atoms with van der Waals surface area (Å²) in [7, 11) is 0. The van der Waals surface area contributed by atoms with Crippen LogP contribution in [0.15, 0.2) is 30.3 Å². The zero-order valence-electron chi connectivity index (χ0n) is 16.1. The molecule has 0 saturated carbocycles. The third-order valence-electron chi connectivity index (χ3n) is 4.85. The van der Waals surface area contributed by atoms with E-state index < -0.39 is 41.5 Å². The summed E-state index contributed by atoms with van der Waals surface area (Å²) in [4.78, 5) is 34.8. The summed E-state index contributed by atoms with van der Waals surface area (Å²) < 4.78 is 51.3. The van der Waals surface area contributed by atoms with Crippen molar-refractivity contribution in [2.75, 3.05) is 36.2 Å². The normalized spacial score (nSPS) is 14.3. The number of halogens is 4. The number of carbonyl (C=O) groups excluding carboxylic acids is 2. The fourth-order valence-electron chi connectivity index (χ4n) is 3.60. The Kier molecular flexibility index (Phi) is 6.52. The van der Waals surface area contributed by atoms with Crippen LogP contribution < -0.4 is 9.80 Å². The number of nitro benzene ring substituents is 1. The molecule has 2 aliphatic heterocycles.